The van der Waals surface area contributed by atoms with Crippen LogP contribution in [0.4, 0.5) is 11.4 Å². The summed E-state index contributed by atoms with van der Waals surface area (Å²) < 4.78 is 0. The van der Waals surface area contributed by atoms with Gasteiger partial charge in [-0.2, -0.15) is 0 Å². The first-order valence-electron chi connectivity index (χ1n) is 7.96. The molecule has 21 heavy (non-hydrogen) atoms. The largest absolute Gasteiger partial charge is 0.399 e. The first kappa shape index (κ1) is 15.8. The molecule has 1 heterocycles. The molecule has 1 aromatic rings. The summed E-state index contributed by atoms with van der Waals surface area (Å²) in [6.45, 7) is 7.35. The third kappa shape index (κ3) is 4.74. The minimum absolute atomic E-state index is 0.0850. The van der Waals surface area contributed by atoms with E-state index in [1.165, 1.54) is 19.3 Å². The Morgan fingerprint density at radius 1 is 1.48 bits per heavy atom. The lowest BCUT2D eigenvalue weighted by Gasteiger charge is -2.16. The molecule has 1 fully saturated rings. The predicted molar refractivity (Wildman–Crippen MR) is 88.3 cm³/mol. The number of hydrogen-bond donors (Lipinski definition) is 2. The first-order chi connectivity index (χ1) is 10.1. The zero-order valence-electron chi connectivity index (χ0n) is 13.2. The fourth-order valence-electron chi connectivity index (χ4n) is 3.06. The maximum Gasteiger partial charge on any atom is 0.225 e. The third-order valence-electron chi connectivity index (χ3n) is 4.25. The van der Waals surface area contributed by atoms with Crippen LogP contribution in [0, 0.1) is 12.8 Å². The van der Waals surface area contributed by atoms with Gasteiger partial charge in [0, 0.05) is 30.9 Å². The molecule has 2 rings (SSSR count). The van der Waals surface area contributed by atoms with Gasteiger partial charge in [0.2, 0.25) is 5.91 Å². The highest BCUT2D eigenvalue weighted by Gasteiger charge is 2.21. The van der Waals surface area contributed by atoms with Crippen LogP contribution in [0.15, 0.2) is 18.2 Å². The molecule has 0 saturated carbocycles. The van der Waals surface area contributed by atoms with Gasteiger partial charge in [-0.1, -0.05) is 13.3 Å². The lowest BCUT2D eigenvalue weighted by atomic mass is 10.0. The molecule has 0 spiro atoms. The molecule has 0 bridgehead atoms. The van der Waals surface area contributed by atoms with E-state index in [2.05, 4.69) is 17.1 Å². The summed E-state index contributed by atoms with van der Waals surface area (Å²) in [7, 11) is 0. The lowest BCUT2D eigenvalue weighted by Crippen LogP contribution is -2.26. The van der Waals surface area contributed by atoms with Crippen LogP contribution in [0.5, 0.6) is 0 Å². The Kier molecular flexibility index (Phi) is 5.62. The SMILES string of the molecule is CCCC1CCN(CCC(=O)Nc2ccc(N)cc2C)C1. The Hall–Kier alpha value is -1.55. The molecule has 0 aliphatic carbocycles. The standard InChI is InChI=1S/C17H27N3O/c1-3-4-14-7-9-20(12-14)10-8-17(21)19-16-6-5-15(18)11-13(16)2/h5-6,11,14H,3-4,7-10,12,18H2,1-2H3,(H,19,21). The fraction of sp³-hybridized carbons (Fsp3) is 0.588. The summed E-state index contributed by atoms with van der Waals surface area (Å²) in [6, 6.07) is 5.57. The molecule has 1 unspecified atom stereocenters. The molecule has 1 aliphatic rings. The zero-order valence-corrected chi connectivity index (χ0v) is 13.2. The van der Waals surface area contributed by atoms with Gasteiger partial charge >= 0.3 is 0 Å². The van der Waals surface area contributed by atoms with Gasteiger partial charge in [-0.3, -0.25) is 4.79 Å². The Balaban J connectivity index is 1.75. The van der Waals surface area contributed by atoms with E-state index in [1.807, 2.05) is 25.1 Å². The fourth-order valence-corrected chi connectivity index (χ4v) is 3.06. The second-order valence-corrected chi connectivity index (χ2v) is 6.12. The molecule has 4 heteroatoms. The van der Waals surface area contributed by atoms with Crippen molar-refractivity contribution in [1.29, 1.82) is 0 Å². The number of nitrogens with one attached hydrogen (secondary N) is 1. The summed E-state index contributed by atoms with van der Waals surface area (Å²) in [5.41, 5.74) is 8.31. The van der Waals surface area contributed by atoms with Crippen molar-refractivity contribution in [3.63, 3.8) is 0 Å². The number of benzene rings is 1. The van der Waals surface area contributed by atoms with Crippen molar-refractivity contribution >= 4 is 17.3 Å². The van der Waals surface area contributed by atoms with E-state index in [-0.39, 0.29) is 5.91 Å². The van der Waals surface area contributed by atoms with Crippen LogP contribution in [-0.2, 0) is 4.79 Å². The van der Waals surface area contributed by atoms with Gasteiger partial charge in [-0.25, -0.2) is 0 Å². The van der Waals surface area contributed by atoms with Gasteiger partial charge in [0.15, 0.2) is 0 Å². The van der Waals surface area contributed by atoms with E-state index in [4.69, 9.17) is 5.73 Å². The minimum atomic E-state index is 0.0850. The highest BCUT2D eigenvalue weighted by molar-refractivity contribution is 5.91. The van der Waals surface area contributed by atoms with Crippen molar-refractivity contribution in [2.45, 2.75) is 39.5 Å². The van der Waals surface area contributed by atoms with Crippen LogP contribution in [-0.4, -0.2) is 30.4 Å². The number of aryl methyl sites for hydroxylation is 1. The number of anilines is 2. The van der Waals surface area contributed by atoms with E-state index in [0.29, 0.717) is 6.42 Å². The average Bonchev–Trinajstić information content (AvgIpc) is 2.88. The molecule has 1 amide bonds. The number of hydrogen-bond acceptors (Lipinski definition) is 3. The average molecular weight is 289 g/mol. The van der Waals surface area contributed by atoms with Crippen molar-refractivity contribution in [3.8, 4) is 0 Å². The summed E-state index contributed by atoms with van der Waals surface area (Å²) in [5, 5.41) is 2.98. The number of nitrogens with zero attached hydrogens (tertiary/aromatic N) is 1. The van der Waals surface area contributed by atoms with Crippen molar-refractivity contribution in [1.82, 2.24) is 4.90 Å². The van der Waals surface area contributed by atoms with Gasteiger partial charge in [0.25, 0.3) is 0 Å². The lowest BCUT2D eigenvalue weighted by molar-refractivity contribution is -0.116. The van der Waals surface area contributed by atoms with Crippen LogP contribution in [0.3, 0.4) is 0 Å². The second kappa shape index (κ2) is 7.46. The van der Waals surface area contributed by atoms with E-state index < -0.39 is 0 Å². The minimum Gasteiger partial charge on any atom is -0.399 e. The van der Waals surface area contributed by atoms with Crippen LogP contribution >= 0.6 is 0 Å². The molecule has 3 N–H and O–H groups in total. The van der Waals surface area contributed by atoms with Crippen molar-refractivity contribution < 1.29 is 4.79 Å². The summed E-state index contributed by atoms with van der Waals surface area (Å²) >= 11 is 0. The maximum atomic E-state index is 12.0. The Bertz CT molecular complexity index is 487. The number of likely N-dealkylation sites (tertiary alicyclic amines) is 1. The van der Waals surface area contributed by atoms with E-state index >= 15 is 0 Å². The van der Waals surface area contributed by atoms with Gasteiger partial charge in [0.1, 0.15) is 0 Å². The van der Waals surface area contributed by atoms with Crippen molar-refractivity contribution in [2.24, 2.45) is 5.92 Å². The Morgan fingerprint density at radius 2 is 2.29 bits per heavy atom. The number of rotatable bonds is 6. The van der Waals surface area contributed by atoms with Crippen molar-refractivity contribution in [2.75, 3.05) is 30.7 Å². The third-order valence-corrected chi connectivity index (χ3v) is 4.25. The smallest absolute Gasteiger partial charge is 0.225 e. The van der Waals surface area contributed by atoms with Gasteiger partial charge in [-0.15, -0.1) is 0 Å². The number of nitrogen functional groups attached to an aromatic ring is 1. The van der Waals surface area contributed by atoms with Crippen molar-refractivity contribution in [3.05, 3.63) is 23.8 Å². The molecular weight excluding hydrogens is 262 g/mol. The summed E-state index contributed by atoms with van der Waals surface area (Å²) in [6.07, 6.45) is 4.41. The summed E-state index contributed by atoms with van der Waals surface area (Å²) in [4.78, 5) is 14.5. The van der Waals surface area contributed by atoms with Gasteiger partial charge in [-0.05, 0) is 56.0 Å². The second-order valence-electron chi connectivity index (χ2n) is 6.12. The molecule has 116 valence electrons. The molecular formula is C17H27N3O. The van der Waals surface area contributed by atoms with Crippen LogP contribution in [0.2, 0.25) is 0 Å². The Labute approximate surface area is 127 Å². The number of nitrogens with two attached hydrogens (primary N) is 1. The number of amides is 1. The van der Waals surface area contributed by atoms with E-state index in [1.54, 1.807) is 0 Å². The highest BCUT2D eigenvalue weighted by atomic mass is 16.1. The first-order valence-corrected chi connectivity index (χ1v) is 7.96. The number of carbonyl (C=O) groups is 1. The number of carbonyl (C=O) groups excluding carboxylic acids is 1. The van der Waals surface area contributed by atoms with Crippen LogP contribution in [0.1, 0.15) is 38.2 Å². The molecule has 1 saturated heterocycles. The molecule has 0 aromatic heterocycles. The monoisotopic (exact) mass is 289 g/mol. The topological polar surface area (TPSA) is 58.4 Å². The highest BCUT2D eigenvalue weighted by Crippen LogP contribution is 2.21. The predicted octanol–water partition coefficient (Wildman–Crippen LogP) is 3.03. The van der Waals surface area contributed by atoms with Gasteiger partial charge < -0.3 is 16.0 Å². The molecule has 1 aromatic carbocycles. The van der Waals surface area contributed by atoms with Crippen LogP contribution in [0.25, 0.3) is 0 Å². The van der Waals surface area contributed by atoms with E-state index in [9.17, 15) is 4.79 Å². The molecule has 1 aliphatic heterocycles. The van der Waals surface area contributed by atoms with Crippen LogP contribution < -0.4 is 11.1 Å². The molecule has 1 atom stereocenters. The maximum absolute atomic E-state index is 12.0. The quantitative estimate of drug-likeness (QED) is 0.791. The molecule has 4 nitrogen and oxygen atoms in total. The van der Waals surface area contributed by atoms with E-state index in [0.717, 1.165) is 42.5 Å². The Morgan fingerprint density at radius 3 is 3.00 bits per heavy atom. The normalized spacial score (nSPS) is 18.9. The molecule has 0 radical (unpaired) electrons. The zero-order chi connectivity index (χ0) is 15.2. The van der Waals surface area contributed by atoms with Gasteiger partial charge in [0.05, 0.1) is 0 Å². The summed E-state index contributed by atoms with van der Waals surface area (Å²) in [5.74, 6) is 0.916.